The van der Waals surface area contributed by atoms with Gasteiger partial charge in [0, 0.05) is 32.7 Å². The summed E-state index contributed by atoms with van der Waals surface area (Å²) >= 11 is 0. The van der Waals surface area contributed by atoms with Gasteiger partial charge in [0.15, 0.2) is 5.82 Å². The fraction of sp³-hybridized carbons (Fsp3) is 0. The van der Waals surface area contributed by atoms with Crippen LogP contribution in [0.5, 0.6) is 0 Å². The number of para-hydroxylation sites is 2. The van der Waals surface area contributed by atoms with Gasteiger partial charge in [-0.15, -0.1) is 0 Å². The van der Waals surface area contributed by atoms with Gasteiger partial charge >= 0.3 is 0 Å². The first kappa shape index (κ1) is 26.2. The molecule has 0 saturated carbocycles. The lowest BCUT2D eigenvalue weighted by Crippen LogP contribution is -1.98. The molecule has 0 saturated heterocycles. The standard InChI is InChI=1S/C42H26N4/c1-3-11-27(12-4-1)28-19-21-30(22-20-28)39-33-16-8-10-18-36(33)45-42(46-39)37-26-24-31-23-25-34-38(29-13-5-2-6-14-29)32-15-7-9-17-35(32)43-41(34)40(31)44-37/h1-26H. The molecule has 0 aliphatic rings. The zero-order valence-corrected chi connectivity index (χ0v) is 24.8. The predicted molar refractivity (Wildman–Crippen MR) is 189 cm³/mol. The fourth-order valence-corrected chi connectivity index (χ4v) is 6.44. The van der Waals surface area contributed by atoms with E-state index in [0.29, 0.717) is 11.5 Å². The van der Waals surface area contributed by atoms with Crippen LogP contribution in [-0.4, -0.2) is 19.9 Å². The predicted octanol–water partition coefficient (Wildman–Crippen LogP) is 10.5. The van der Waals surface area contributed by atoms with E-state index in [1.807, 2.05) is 42.5 Å². The molecule has 0 atom stereocenters. The van der Waals surface area contributed by atoms with Gasteiger partial charge in [-0.25, -0.2) is 19.9 Å². The molecule has 46 heavy (non-hydrogen) atoms. The fourth-order valence-electron chi connectivity index (χ4n) is 6.44. The Morgan fingerprint density at radius 1 is 0.326 bits per heavy atom. The van der Waals surface area contributed by atoms with Crippen molar-refractivity contribution < 1.29 is 0 Å². The van der Waals surface area contributed by atoms with Gasteiger partial charge in [0.25, 0.3) is 0 Å². The normalized spacial score (nSPS) is 11.5. The number of hydrogen-bond donors (Lipinski definition) is 0. The Morgan fingerprint density at radius 2 is 0.913 bits per heavy atom. The summed E-state index contributed by atoms with van der Waals surface area (Å²) in [6, 6.07) is 54.5. The van der Waals surface area contributed by atoms with Gasteiger partial charge in [0.2, 0.25) is 0 Å². The van der Waals surface area contributed by atoms with Gasteiger partial charge in [0.1, 0.15) is 5.69 Å². The molecule has 9 rings (SSSR count). The summed E-state index contributed by atoms with van der Waals surface area (Å²) in [7, 11) is 0. The van der Waals surface area contributed by atoms with Gasteiger partial charge < -0.3 is 0 Å². The molecule has 3 heterocycles. The summed E-state index contributed by atoms with van der Waals surface area (Å²) in [4.78, 5) is 20.6. The Hall–Kier alpha value is -6.26. The summed E-state index contributed by atoms with van der Waals surface area (Å²) < 4.78 is 0. The summed E-state index contributed by atoms with van der Waals surface area (Å²) in [5, 5.41) is 4.22. The van der Waals surface area contributed by atoms with Crippen LogP contribution >= 0.6 is 0 Å². The molecular formula is C42H26N4. The molecule has 0 amide bonds. The maximum Gasteiger partial charge on any atom is 0.179 e. The van der Waals surface area contributed by atoms with Crippen LogP contribution in [0.25, 0.3) is 88.6 Å². The van der Waals surface area contributed by atoms with Crippen LogP contribution in [0.1, 0.15) is 0 Å². The molecule has 4 nitrogen and oxygen atoms in total. The minimum atomic E-state index is 0.587. The minimum Gasteiger partial charge on any atom is -0.245 e. The smallest absolute Gasteiger partial charge is 0.179 e. The monoisotopic (exact) mass is 586 g/mol. The van der Waals surface area contributed by atoms with Crippen molar-refractivity contribution in [2.45, 2.75) is 0 Å². The molecule has 0 aliphatic carbocycles. The third-order valence-electron chi connectivity index (χ3n) is 8.67. The highest BCUT2D eigenvalue weighted by atomic mass is 14.9. The number of nitrogens with zero attached hydrogens (tertiary/aromatic N) is 4. The largest absolute Gasteiger partial charge is 0.245 e. The average molecular weight is 587 g/mol. The summed E-state index contributed by atoms with van der Waals surface area (Å²) in [6.07, 6.45) is 0. The Balaban J connectivity index is 1.24. The number of benzene rings is 6. The van der Waals surface area contributed by atoms with Crippen LogP contribution in [0.4, 0.5) is 0 Å². The minimum absolute atomic E-state index is 0.587. The number of hydrogen-bond acceptors (Lipinski definition) is 4. The molecular weight excluding hydrogens is 560 g/mol. The Labute approximate surface area is 265 Å². The third kappa shape index (κ3) is 4.39. The Kier molecular flexibility index (Phi) is 6.10. The molecule has 3 aromatic heterocycles. The van der Waals surface area contributed by atoms with Crippen molar-refractivity contribution in [3.63, 3.8) is 0 Å². The molecule has 0 N–H and O–H groups in total. The first-order chi connectivity index (χ1) is 22.8. The summed E-state index contributed by atoms with van der Waals surface area (Å²) in [5.41, 5.74) is 10.8. The number of pyridine rings is 2. The number of aromatic nitrogens is 4. The lowest BCUT2D eigenvalue weighted by Gasteiger charge is -2.13. The second kappa shape index (κ2) is 10.7. The first-order valence-electron chi connectivity index (χ1n) is 15.4. The molecule has 214 valence electrons. The van der Waals surface area contributed by atoms with Crippen LogP contribution in [0, 0.1) is 0 Å². The summed E-state index contributed by atoms with van der Waals surface area (Å²) in [5.74, 6) is 0.587. The van der Waals surface area contributed by atoms with Gasteiger partial charge in [-0.1, -0.05) is 140 Å². The molecule has 0 spiro atoms. The van der Waals surface area contributed by atoms with Crippen molar-refractivity contribution in [1.82, 2.24) is 19.9 Å². The van der Waals surface area contributed by atoms with Crippen LogP contribution < -0.4 is 0 Å². The summed E-state index contributed by atoms with van der Waals surface area (Å²) in [6.45, 7) is 0. The SMILES string of the molecule is c1ccc(-c2ccc(-c3nc(-c4ccc5ccc6c(-c7ccccc7)c7ccccc7nc6c5n4)nc4ccccc34)cc2)cc1. The molecule has 0 aliphatic heterocycles. The van der Waals surface area contributed by atoms with E-state index in [4.69, 9.17) is 19.9 Å². The Bertz CT molecular complexity index is 2560. The van der Waals surface area contributed by atoms with Crippen molar-refractivity contribution in [1.29, 1.82) is 0 Å². The van der Waals surface area contributed by atoms with E-state index in [0.717, 1.165) is 60.4 Å². The van der Waals surface area contributed by atoms with E-state index >= 15 is 0 Å². The Morgan fingerprint density at radius 3 is 1.67 bits per heavy atom. The molecule has 9 aromatic rings. The van der Waals surface area contributed by atoms with Crippen LogP contribution in [-0.2, 0) is 0 Å². The van der Waals surface area contributed by atoms with E-state index in [9.17, 15) is 0 Å². The molecule has 0 bridgehead atoms. The molecule has 0 fully saturated rings. The topological polar surface area (TPSA) is 51.6 Å². The van der Waals surface area contributed by atoms with E-state index in [1.165, 1.54) is 16.7 Å². The highest BCUT2D eigenvalue weighted by Crippen LogP contribution is 2.38. The molecule has 6 aromatic carbocycles. The zero-order valence-electron chi connectivity index (χ0n) is 24.8. The van der Waals surface area contributed by atoms with Crippen molar-refractivity contribution in [2.75, 3.05) is 0 Å². The van der Waals surface area contributed by atoms with E-state index in [1.54, 1.807) is 0 Å². The maximum absolute atomic E-state index is 5.22. The molecule has 0 unspecified atom stereocenters. The molecule has 0 radical (unpaired) electrons. The van der Waals surface area contributed by atoms with Crippen LogP contribution in [0.3, 0.4) is 0 Å². The second-order valence-electron chi connectivity index (χ2n) is 11.5. The maximum atomic E-state index is 5.22. The quantitative estimate of drug-likeness (QED) is 0.152. The van der Waals surface area contributed by atoms with E-state index < -0.39 is 0 Å². The van der Waals surface area contributed by atoms with Crippen molar-refractivity contribution in [3.05, 3.63) is 158 Å². The lowest BCUT2D eigenvalue weighted by molar-refractivity contribution is 1.19. The first-order valence-corrected chi connectivity index (χ1v) is 15.4. The van der Waals surface area contributed by atoms with E-state index in [-0.39, 0.29) is 0 Å². The second-order valence-corrected chi connectivity index (χ2v) is 11.5. The van der Waals surface area contributed by atoms with Gasteiger partial charge in [-0.3, -0.25) is 0 Å². The van der Waals surface area contributed by atoms with Gasteiger partial charge in [0.05, 0.1) is 27.8 Å². The third-order valence-corrected chi connectivity index (χ3v) is 8.67. The highest BCUT2D eigenvalue weighted by Gasteiger charge is 2.17. The average Bonchev–Trinajstić information content (AvgIpc) is 3.14. The molecule has 4 heteroatoms. The van der Waals surface area contributed by atoms with Crippen molar-refractivity contribution in [2.24, 2.45) is 0 Å². The van der Waals surface area contributed by atoms with Crippen molar-refractivity contribution >= 4 is 43.6 Å². The van der Waals surface area contributed by atoms with Crippen LogP contribution in [0.2, 0.25) is 0 Å². The van der Waals surface area contributed by atoms with Gasteiger partial charge in [-0.05, 0) is 34.9 Å². The number of rotatable bonds is 4. The number of fused-ring (bicyclic) bond motifs is 5. The van der Waals surface area contributed by atoms with Crippen molar-refractivity contribution in [3.8, 4) is 45.0 Å². The highest BCUT2D eigenvalue weighted by molar-refractivity contribution is 6.16. The van der Waals surface area contributed by atoms with Gasteiger partial charge in [-0.2, -0.15) is 0 Å². The zero-order chi connectivity index (χ0) is 30.5. The van der Waals surface area contributed by atoms with E-state index in [2.05, 4.69) is 115 Å². The lowest BCUT2D eigenvalue weighted by atomic mass is 9.95. The van der Waals surface area contributed by atoms with Crippen LogP contribution in [0.15, 0.2) is 158 Å².